The second-order valence-corrected chi connectivity index (χ2v) is 9.13. The van der Waals surface area contributed by atoms with Crippen LogP contribution in [0.25, 0.3) is 0 Å². The molecule has 138 valence electrons. The molecule has 4 rings (SSSR count). The molecule has 0 radical (unpaired) electrons. The summed E-state index contributed by atoms with van der Waals surface area (Å²) in [5, 5.41) is 4.56. The topological polar surface area (TPSA) is 50.6 Å². The summed E-state index contributed by atoms with van der Waals surface area (Å²) in [5.74, 6) is 0.550. The molecule has 25 heavy (non-hydrogen) atoms. The van der Waals surface area contributed by atoms with Crippen LogP contribution in [0.4, 0.5) is 0 Å². The number of fused-ring (bicyclic) bond motifs is 2. The molecule has 3 saturated heterocycles. The molecule has 0 unspecified atom stereocenters. The maximum atomic E-state index is 13.2. The molecule has 0 aromatic carbocycles. The Balaban J connectivity index is 1.58. The van der Waals surface area contributed by atoms with Crippen molar-refractivity contribution in [2.75, 3.05) is 39.9 Å². The van der Waals surface area contributed by atoms with Crippen LogP contribution in [0.15, 0.2) is 12.3 Å². The van der Waals surface area contributed by atoms with E-state index in [1.807, 2.05) is 16.9 Å². The molecule has 6 heteroatoms. The van der Waals surface area contributed by atoms with E-state index in [4.69, 9.17) is 4.74 Å². The van der Waals surface area contributed by atoms with E-state index in [0.717, 1.165) is 39.1 Å². The van der Waals surface area contributed by atoms with E-state index in [9.17, 15) is 4.79 Å². The number of hydrogen-bond acceptors (Lipinski definition) is 4. The van der Waals surface area contributed by atoms with Gasteiger partial charge in [-0.25, -0.2) is 0 Å². The number of carbonyl (C=O) groups excluding carboxylic acids is 1. The van der Waals surface area contributed by atoms with Gasteiger partial charge in [-0.05, 0) is 65.2 Å². The van der Waals surface area contributed by atoms with Crippen molar-refractivity contribution in [3.8, 4) is 0 Å². The second-order valence-electron chi connectivity index (χ2n) is 9.13. The van der Waals surface area contributed by atoms with Crippen LogP contribution in [0, 0.1) is 11.3 Å². The first kappa shape index (κ1) is 17.0. The van der Waals surface area contributed by atoms with Crippen LogP contribution in [0.3, 0.4) is 0 Å². The summed E-state index contributed by atoms with van der Waals surface area (Å²) in [7, 11) is 2.19. The fourth-order valence-electron chi connectivity index (χ4n) is 4.78. The van der Waals surface area contributed by atoms with Gasteiger partial charge < -0.3 is 14.5 Å². The minimum atomic E-state index is -0.113. The fraction of sp³-hybridized carbons (Fsp3) is 0.789. The average Bonchev–Trinajstić information content (AvgIpc) is 3.26. The van der Waals surface area contributed by atoms with Crippen LogP contribution < -0.4 is 0 Å². The lowest BCUT2D eigenvalue weighted by atomic mass is 9.70. The molecule has 3 aliphatic rings. The zero-order valence-electron chi connectivity index (χ0n) is 15.9. The number of ether oxygens (including phenoxy) is 1. The van der Waals surface area contributed by atoms with Crippen LogP contribution in [0.1, 0.15) is 44.1 Å². The van der Waals surface area contributed by atoms with Crippen molar-refractivity contribution >= 4 is 5.91 Å². The van der Waals surface area contributed by atoms with E-state index < -0.39 is 0 Å². The first-order valence-corrected chi connectivity index (χ1v) is 9.44. The Labute approximate surface area is 150 Å². The maximum Gasteiger partial charge on any atom is 0.274 e. The van der Waals surface area contributed by atoms with Crippen molar-refractivity contribution in [1.29, 1.82) is 0 Å². The van der Waals surface area contributed by atoms with Crippen LogP contribution in [-0.2, 0) is 10.3 Å². The highest BCUT2D eigenvalue weighted by atomic mass is 16.5. The predicted octanol–water partition coefficient (Wildman–Crippen LogP) is 1.82. The summed E-state index contributed by atoms with van der Waals surface area (Å²) >= 11 is 0. The van der Waals surface area contributed by atoms with Gasteiger partial charge in [0.05, 0.1) is 24.8 Å². The molecule has 0 N–H and O–H groups in total. The molecule has 6 nitrogen and oxygen atoms in total. The van der Waals surface area contributed by atoms with Crippen molar-refractivity contribution in [2.45, 2.75) is 45.2 Å². The van der Waals surface area contributed by atoms with Gasteiger partial charge in [-0.3, -0.25) is 9.48 Å². The molecule has 0 aliphatic carbocycles. The Bertz CT molecular complexity index is 655. The summed E-state index contributed by atoms with van der Waals surface area (Å²) in [6.45, 7) is 10.9. The zero-order valence-corrected chi connectivity index (χ0v) is 15.9. The molecule has 1 aromatic rings. The number of nitrogens with zero attached hydrogens (tertiary/aromatic N) is 4. The van der Waals surface area contributed by atoms with E-state index in [1.54, 1.807) is 0 Å². The van der Waals surface area contributed by atoms with Crippen molar-refractivity contribution in [3.63, 3.8) is 0 Å². The highest BCUT2D eigenvalue weighted by Crippen LogP contribution is 2.50. The average molecular weight is 346 g/mol. The number of likely N-dealkylation sites (tertiary alicyclic amines) is 2. The summed E-state index contributed by atoms with van der Waals surface area (Å²) in [6.07, 6.45) is 4.24. The Hall–Kier alpha value is -1.40. The largest absolute Gasteiger partial charge is 0.379 e. The van der Waals surface area contributed by atoms with Crippen LogP contribution >= 0.6 is 0 Å². The highest BCUT2D eigenvalue weighted by molar-refractivity contribution is 5.92. The van der Waals surface area contributed by atoms with E-state index in [1.165, 1.54) is 0 Å². The molecular formula is C19H30N4O2. The van der Waals surface area contributed by atoms with Gasteiger partial charge in [-0.15, -0.1) is 0 Å². The van der Waals surface area contributed by atoms with Gasteiger partial charge >= 0.3 is 0 Å². The molecule has 2 atom stereocenters. The molecule has 3 aliphatic heterocycles. The summed E-state index contributed by atoms with van der Waals surface area (Å²) in [5.41, 5.74) is 0.679. The van der Waals surface area contributed by atoms with Gasteiger partial charge in [-0.2, -0.15) is 5.10 Å². The smallest absolute Gasteiger partial charge is 0.274 e. The maximum absolute atomic E-state index is 13.2. The van der Waals surface area contributed by atoms with Crippen LogP contribution in [0.2, 0.25) is 0 Å². The first-order valence-electron chi connectivity index (χ1n) is 9.44. The minimum Gasteiger partial charge on any atom is -0.379 e. The molecule has 1 amide bonds. The predicted molar refractivity (Wildman–Crippen MR) is 95.5 cm³/mol. The Kier molecular flexibility index (Phi) is 3.96. The monoisotopic (exact) mass is 346 g/mol. The Morgan fingerprint density at radius 2 is 2.00 bits per heavy atom. The van der Waals surface area contributed by atoms with E-state index in [2.05, 4.69) is 42.7 Å². The SMILES string of the molecule is CN1CCC2(CC1)CN(C(=O)c1ccn(C(C)(C)C)n1)[C@@H]1COC[C@@H]12. The summed E-state index contributed by atoms with van der Waals surface area (Å²) in [4.78, 5) is 17.7. The van der Waals surface area contributed by atoms with Gasteiger partial charge in [0, 0.05) is 18.7 Å². The zero-order chi connectivity index (χ0) is 17.8. The molecule has 1 aromatic heterocycles. The number of amides is 1. The van der Waals surface area contributed by atoms with Gasteiger partial charge in [0.2, 0.25) is 0 Å². The molecule has 1 spiro atoms. The molecule has 0 saturated carbocycles. The third kappa shape index (κ3) is 2.79. The number of carbonyl (C=O) groups is 1. The lowest BCUT2D eigenvalue weighted by Crippen LogP contribution is -2.43. The molecule has 0 bridgehead atoms. The molecular weight excluding hydrogens is 316 g/mol. The van der Waals surface area contributed by atoms with E-state index in [-0.39, 0.29) is 22.9 Å². The van der Waals surface area contributed by atoms with E-state index >= 15 is 0 Å². The van der Waals surface area contributed by atoms with Gasteiger partial charge in [0.25, 0.3) is 5.91 Å². The van der Waals surface area contributed by atoms with Crippen molar-refractivity contribution in [1.82, 2.24) is 19.6 Å². The third-order valence-electron chi connectivity index (χ3n) is 6.46. The van der Waals surface area contributed by atoms with Gasteiger partial charge in [-0.1, -0.05) is 0 Å². The Morgan fingerprint density at radius 3 is 2.64 bits per heavy atom. The van der Waals surface area contributed by atoms with Crippen molar-refractivity contribution in [3.05, 3.63) is 18.0 Å². The van der Waals surface area contributed by atoms with Gasteiger partial charge in [0.15, 0.2) is 0 Å². The number of aromatic nitrogens is 2. The number of piperidine rings is 1. The minimum absolute atomic E-state index is 0.0688. The highest BCUT2D eigenvalue weighted by Gasteiger charge is 2.56. The third-order valence-corrected chi connectivity index (χ3v) is 6.46. The van der Waals surface area contributed by atoms with Crippen LogP contribution in [0.5, 0.6) is 0 Å². The fourth-order valence-corrected chi connectivity index (χ4v) is 4.78. The molecule has 4 heterocycles. The second kappa shape index (κ2) is 5.81. The molecule has 3 fully saturated rings. The van der Waals surface area contributed by atoms with Gasteiger partial charge in [0.1, 0.15) is 5.69 Å². The number of hydrogen-bond donors (Lipinski definition) is 0. The summed E-state index contributed by atoms with van der Waals surface area (Å²) < 4.78 is 7.69. The summed E-state index contributed by atoms with van der Waals surface area (Å²) in [6, 6.07) is 2.08. The number of rotatable bonds is 1. The Morgan fingerprint density at radius 1 is 1.28 bits per heavy atom. The quantitative estimate of drug-likeness (QED) is 0.778. The van der Waals surface area contributed by atoms with Crippen LogP contribution in [-0.4, -0.2) is 71.4 Å². The lowest BCUT2D eigenvalue weighted by molar-refractivity contribution is 0.0494. The van der Waals surface area contributed by atoms with Crippen molar-refractivity contribution in [2.24, 2.45) is 11.3 Å². The first-order chi connectivity index (χ1) is 11.8. The standard InChI is InChI=1S/C19H30N4O2/c1-18(2,3)23-8-5-15(20-23)17(24)22-13-19(6-9-21(4)10-7-19)14-11-25-12-16(14)22/h5,8,14,16H,6-7,9-13H2,1-4H3/t14-,16+/m0/s1. The van der Waals surface area contributed by atoms with E-state index in [0.29, 0.717) is 18.2 Å². The van der Waals surface area contributed by atoms with Crippen molar-refractivity contribution < 1.29 is 9.53 Å². The normalized spacial score (nSPS) is 29.4. The lowest BCUT2D eigenvalue weighted by Gasteiger charge is -2.40.